The van der Waals surface area contributed by atoms with Crippen LogP contribution in [0.3, 0.4) is 0 Å². The number of nitrogens with one attached hydrogen (secondary N) is 1. The number of amides is 1. The second kappa shape index (κ2) is 6.92. The number of nitrogens with zero attached hydrogens (tertiary/aromatic N) is 1. The zero-order valence-electron chi connectivity index (χ0n) is 14.3. The molecule has 1 aliphatic heterocycles. The molecular weight excluding hydrogens is 324 g/mol. The molecule has 3 aromatic rings. The molecule has 0 radical (unpaired) electrons. The lowest BCUT2D eigenvalue weighted by Gasteiger charge is -2.38. The van der Waals surface area contributed by atoms with E-state index >= 15 is 0 Å². The lowest BCUT2D eigenvalue weighted by Crippen LogP contribution is -2.43. The maximum atomic E-state index is 13.1. The molecule has 3 aromatic carbocycles. The summed E-state index contributed by atoms with van der Waals surface area (Å²) in [6.45, 7) is 0.607. The van der Waals surface area contributed by atoms with Gasteiger partial charge in [0.15, 0.2) is 0 Å². The molecule has 1 atom stereocenters. The van der Waals surface area contributed by atoms with E-state index < -0.39 is 0 Å². The van der Waals surface area contributed by atoms with Gasteiger partial charge in [-0.05, 0) is 41.8 Å². The minimum atomic E-state index is -0.262. The van der Waals surface area contributed by atoms with Gasteiger partial charge in [0, 0.05) is 12.2 Å². The monoisotopic (exact) mass is 344 g/mol. The van der Waals surface area contributed by atoms with E-state index in [-0.39, 0.29) is 17.8 Å². The van der Waals surface area contributed by atoms with Crippen molar-refractivity contribution < 1.29 is 9.90 Å². The van der Waals surface area contributed by atoms with Crippen molar-refractivity contribution >= 4 is 11.6 Å². The second-order valence-corrected chi connectivity index (χ2v) is 6.42. The van der Waals surface area contributed by atoms with E-state index in [4.69, 9.17) is 0 Å². The number of phenols is 1. The average Bonchev–Trinajstić information content (AvgIpc) is 2.69. The molecule has 1 amide bonds. The topological polar surface area (TPSA) is 52.6 Å². The number of hydrogen-bond donors (Lipinski definition) is 2. The van der Waals surface area contributed by atoms with Crippen LogP contribution in [0.1, 0.15) is 27.7 Å². The van der Waals surface area contributed by atoms with Gasteiger partial charge in [-0.3, -0.25) is 4.79 Å². The predicted octanol–water partition coefficient (Wildman–Crippen LogP) is 4.20. The minimum absolute atomic E-state index is 0.0216. The fraction of sp³-hybridized carbons (Fsp3) is 0.136. The van der Waals surface area contributed by atoms with E-state index in [1.165, 1.54) is 5.56 Å². The lowest BCUT2D eigenvalue weighted by atomic mass is 10.0. The van der Waals surface area contributed by atoms with E-state index in [1.54, 1.807) is 12.1 Å². The van der Waals surface area contributed by atoms with Crippen molar-refractivity contribution in [3.05, 3.63) is 95.6 Å². The van der Waals surface area contributed by atoms with Gasteiger partial charge in [0.2, 0.25) is 0 Å². The van der Waals surface area contributed by atoms with Gasteiger partial charge in [-0.25, -0.2) is 0 Å². The van der Waals surface area contributed by atoms with E-state index in [9.17, 15) is 9.90 Å². The van der Waals surface area contributed by atoms with Crippen LogP contribution in [-0.4, -0.2) is 22.5 Å². The second-order valence-electron chi connectivity index (χ2n) is 6.42. The highest BCUT2D eigenvalue weighted by atomic mass is 16.3. The fourth-order valence-electron chi connectivity index (χ4n) is 3.34. The molecule has 0 aromatic heterocycles. The van der Waals surface area contributed by atoms with E-state index in [0.29, 0.717) is 12.1 Å². The normalized spacial score (nSPS) is 16.1. The van der Waals surface area contributed by atoms with Crippen molar-refractivity contribution in [2.45, 2.75) is 12.6 Å². The third-order valence-corrected chi connectivity index (χ3v) is 4.72. The summed E-state index contributed by atoms with van der Waals surface area (Å²) in [5, 5.41) is 13.1. The summed E-state index contributed by atoms with van der Waals surface area (Å²) in [6, 6.07) is 24.8. The molecule has 130 valence electrons. The van der Waals surface area contributed by atoms with Gasteiger partial charge in [0.05, 0.1) is 5.56 Å². The Kier molecular flexibility index (Phi) is 4.32. The first-order valence-corrected chi connectivity index (χ1v) is 8.72. The molecule has 4 nitrogen and oxygen atoms in total. The zero-order chi connectivity index (χ0) is 17.9. The first-order chi connectivity index (χ1) is 12.7. The summed E-state index contributed by atoms with van der Waals surface area (Å²) in [5.74, 6) is 0.237. The number of carbonyl (C=O) groups excluding carboxylic acids is 1. The van der Waals surface area contributed by atoms with Gasteiger partial charge in [-0.15, -0.1) is 0 Å². The first kappa shape index (κ1) is 16.2. The third-order valence-electron chi connectivity index (χ3n) is 4.72. The van der Waals surface area contributed by atoms with Gasteiger partial charge >= 0.3 is 0 Å². The van der Waals surface area contributed by atoms with Crippen LogP contribution < -0.4 is 5.32 Å². The maximum absolute atomic E-state index is 13.1. The number of hydrogen-bond acceptors (Lipinski definition) is 3. The largest absolute Gasteiger partial charge is 0.508 e. The highest BCUT2D eigenvalue weighted by molar-refractivity contribution is 6.01. The molecule has 0 aliphatic carbocycles. The molecule has 2 N–H and O–H groups in total. The van der Waals surface area contributed by atoms with Crippen LogP contribution in [0.4, 0.5) is 5.69 Å². The number of phenolic OH excluding ortho intramolecular Hbond substituents is 1. The van der Waals surface area contributed by atoms with Crippen LogP contribution in [-0.2, 0) is 6.42 Å². The molecule has 0 bridgehead atoms. The number of fused-ring (bicyclic) bond motifs is 1. The van der Waals surface area contributed by atoms with Gasteiger partial charge in [-0.2, -0.15) is 0 Å². The predicted molar refractivity (Wildman–Crippen MR) is 102 cm³/mol. The van der Waals surface area contributed by atoms with Gasteiger partial charge in [0.25, 0.3) is 5.91 Å². The number of para-hydroxylation sites is 1. The Morgan fingerprint density at radius 3 is 2.35 bits per heavy atom. The van der Waals surface area contributed by atoms with Crippen molar-refractivity contribution in [1.82, 2.24) is 4.90 Å². The standard InChI is InChI=1S/C22H20N2O2/c25-18-12-10-17(11-13-18)21-23-20-9-5-4-8-19(20)22(26)24(21)15-14-16-6-2-1-3-7-16/h1-13,21,23,25H,14-15H2/t21-/m1/s1. The molecule has 0 saturated heterocycles. The Labute approximate surface area is 152 Å². The Morgan fingerprint density at radius 2 is 1.58 bits per heavy atom. The summed E-state index contributed by atoms with van der Waals surface area (Å²) in [4.78, 5) is 15.0. The molecule has 4 rings (SSSR count). The highest BCUT2D eigenvalue weighted by Gasteiger charge is 2.32. The fourth-order valence-corrected chi connectivity index (χ4v) is 3.34. The zero-order valence-corrected chi connectivity index (χ0v) is 14.3. The molecule has 0 unspecified atom stereocenters. The number of rotatable bonds is 4. The van der Waals surface area contributed by atoms with Gasteiger partial charge in [0.1, 0.15) is 11.9 Å². The van der Waals surface area contributed by atoms with Crippen LogP contribution in [0.5, 0.6) is 5.75 Å². The lowest BCUT2D eigenvalue weighted by molar-refractivity contribution is 0.0685. The van der Waals surface area contributed by atoms with Gasteiger partial charge < -0.3 is 15.3 Å². The Bertz CT molecular complexity index is 907. The van der Waals surface area contributed by atoms with E-state index in [2.05, 4.69) is 17.4 Å². The first-order valence-electron chi connectivity index (χ1n) is 8.72. The number of aromatic hydroxyl groups is 1. The quantitative estimate of drug-likeness (QED) is 0.746. The van der Waals surface area contributed by atoms with Crippen molar-refractivity contribution in [2.75, 3.05) is 11.9 Å². The van der Waals surface area contributed by atoms with Crippen molar-refractivity contribution in [3.63, 3.8) is 0 Å². The SMILES string of the molecule is O=C1c2ccccc2N[C@@H](c2ccc(O)cc2)N1CCc1ccccc1. The molecule has 0 fully saturated rings. The number of benzene rings is 3. The summed E-state index contributed by atoms with van der Waals surface area (Å²) < 4.78 is 0. The van der Waals surface area contributed by atoms with Crippen LogP contribution in [0.25, 0.3) is 0 Å². The third kappa shape index (κ3) is 3.14. The van der Waals surface area contributed by atoms with Crippen LogP contribution in [0.2, 0.25) is 0 Å². The maximum Gasteiger partial charge on any atom is 0.257 e. The molecule has 0 spiro atoms. The van der Waals surface area contributed by atoms with Gasteiger partial charge in [-0.1, -0.05) is 54.6 Å². The van der Waals surface area contributed by atoms with E-state index in [1.807, 2.05) is 59.5 Å². The smallest absolute Gasteiger partial charge is 0.257 e. The molecule has 26 heavy (non-hydrogen) atoms. The molecular formula is C22H20N2O2. The van der Waals surface area contributed by atoms with Crippen molar-refractivity contribution in [1.29, 1.82) is 0 Å². The Hall–Kier alpha value is -3.27. The van der Waals surface area contributed by atoms with Crippen molar-refractivity contribution in [3.8, 4) is 5.75 Å². The highest BCUT2D eigenvalue weighted by Crippen LogP contribution is 2.33. The minimum Gasteiger partial charge on any atom is -0.508 e. The van der Waals surface area contributed by atoms with Crippen LogP contribution in [0.15, 0.2) is 78.9 Å². The molecule has 0 saturated carbocycles. The molecule has 4 heteroatoms. The Balaban J connectivity index is 1.66. The number of carbonyl (C=O) groups is 1. The molecule has 1 aliphatic rings. The summed E-state index contributed by atoms with van der Waals surface area (Å²) in [6.07, 6.45) is 0.520. The summed E-state index contributed by atoms with van der Waals surface area (Å²) in [5.41, 5.74) is 3.67. The average molecular weight is 344 g/mol. The Morgan fingerprint density at radius 1 is 0.885 bits per heavy atom. The molecule has 1 heterocycles. The van der Waals surface area contributed by atoms with Crippen LogP contribution in [0, 0.1) is 0 Å². The van der Waals surface area contributed by atoms with Crippen LogP contribution >= 0.6 is 0 Å². The summed E-state index contributed by atoms with van der Waals surface area (Å²) in [7, 11) is 0. The number of anilines is 1. The van der Waals surface area contributed by atoms with Crippen molar-refractivity contribution in [2.24, 2.45) is 0 Å². The van der Waals surface area contributed by atoms with E-state index in [0.717, 1.165) is 17.7 Å². The summed E-state index contributed by atoms with van der Waals surface area (Å²) >= 11 is 0.